The monoisotopic (exact) mass is 406 g/mol. The number of rotatable bonds is 10. The van der Waals surface area contributed by atoms with Crippen molar-refractivity contribution in [1.29, 1.82) is 0 Å². The van der Waals surface area contributed by atoms with Gasteiger partial charge in [0.1, 0.15) is 6.61 Å². The first-order valence-electron chi connectivity index (χ1n) is 9.83. The predicted octanol–water partition coefficient (Wildman–Crippen LogP) is 4.14. The number of benzene rings is 2. The highest BCUT2D eigenvalue weighted by atomic mass is 16.5. The van der Waals surface area contributed by atoms with Gasteiger partial charge in [0.05, 0.1) is 13.2 Å². The molecule has 3 aromatic rings. The number of nitrogens with zero attached hydrogens (tertiary/aromatic N) is 1. The summed E-state index contributed by atoms with van der Waals surface area (Å²) in [5.41, 5.74) is 3.64. The second-order valence-electron chi connectivity index (χ2n) is 6.67. The molecule has 3 rings (SSSR count). The van der Waals surface area contributed by atoms with E-state index >= 15 is 0 Å². The highest BCUT2D eigenvalue weighted by Gasteiger charge is 2.12. The van der Waals surface area contributed by atoms with Crippen molar-refractivity contribution in [3.05, 3.63) is 89.2 Å². The van der Waals surface area contributed by atoms with Crippen molar-refractivity contribution in [2.24, 2.45) is 0 Å². The summed E-state index contributed by atoms with van der Waals surface area (Å²) in [7, 11) is 1.67. The molecule has 30 heavy (non-hydrogen) atoms. The molecule has 0 atom stereocenters. The first-order chi connectivity index (χ1) is 14.7. The fourth-order valence-corrected chi connectivity index (χ4v) is 2.88. The number of pyridine rings is 1. The zero-order chi connectivity index (χ0) is 21.2. The lowest BCUT2D eigenvalue weighted by atomic mass is 10.1. The molecule has 1 heterocycles. The predicted molar refractivity (Wildman–Crippen MR) is 115 cm³/mol. The van der Waals surface area contributed by atoms with Gasteiger partial charge in [-0.2, -0.15) is 0 Å². The standard InChI is InChI=1S/C24H26N2O4/c1-3-29-23-14-21(8-9-22(23)30-17-20-10-12-25-13-11-20)24(27)26-15-18-4-6-19(7-5-18)16-28-2/h4-14H,3,15-17H2,1-2H3,(H,26,27). The summed E-state index contributed by atoms with van der Waals surface area (Å²) in [5.74, 6) is 0.972. The number of nitrogens with one attached hydrogen (secondary N) is 1. The fourth-order valence-electron chi connectivity index (χ4n) is 2.88. The van der Waals surface area contributed by atoms with Crippen LogP contribution in [0.3, 0.4) is 0 Å². The van der Waals surface area contributed by atoms with Gasteiger partial charge >= 0.3 is 0 Å². The Kier molecular flexibility index (Phi) is 7.80. The van der Waals surface area contributed by atoms with E-state index in [2.05, 4.69) is 10.3 Å². The Bertz CT molecular complexity index is 943. The van der Waals surface area contributed by atoms with E-state index in [0.717, 1.165) is 16.7 Å². The average Bonchev–Trinajstić information content (AvgIpc) is 2.78. The molecule has 0 unspecified atom stereocenters. The normalized spacial score (nSPS) is 10.5. The molecule has 6 nitrogen and oxygen atoms in total. The van der Waals surface area contributed by atoms with Crippen LogP contribution in [0.2, 0.25) is 0 Å². The summed E-state index contributed by atoms with van der Waals surface area (Å²) >= 11 is 0. The Morgan fingerprint density at radius 3 is 2.27 bits per heavy atom. The molecule has 156 valence electrons. The van der Waals surface area contributed by atoms with Crippen molar-refractivity contribution in [2.45, 2.75) is 26.7 Å². The van der Waals surface area contributed by atoms with E-state index in [9.17, 15) is 4.79 Å². The largest absolute Gasteiger partial charge is 0.490 e. The Morgan fingerprint density at radius 1 is 0.867 bits per heavy atom. The Morgan fingerprint density at radius 2 is 1.57 bits per heavy atom. The molecule has 0 saturated heterocycles. The van der Waals surface area contributed by atoms with Crippen LogP contribution in [0.1, 0.15) is 34.0 Å². The molecular formula is C24H26N2O4. The SMILES string of the molecule is CCOc1cc(C(=O)NCc2ccc(COC)cc2)ccc1OCc1ccncc1. The van der Waals surface area contributed by atoms with Crippen LogP contribution in [0.25, 0.3) is 0 Å². The molecule has 0 fully saturated rings. The van der Waals surface area contributed by atoms with Crippen LogP contribution in [0.4, 0.5) is 0 Å². The molecule has 0 bridgehead atoms. The number of hydrogen-bond donors (Lipinski definition) is 1. The molecular weight excluding hydrogens is 380 g/mol. The number of amides is 1. The summed E-state index contributed by atoms with van der Waals surface area (Å²) < 4.78 is 16.7. The van der Waals surface area contributed by atoms with Crippen LogP contribution in [-0.4, -0.2) is 24.6 Å². The quantitative estimate of drug-likeness (QED) is 0.548. The highest BCUT2D eigenvalue weighted by Crippen LogP contribution is 2.29. The minimum Gasteiger partial charge on any atom is -0.490 e. The number of carbonyl (C=O) groups excluding carboxylic acids is 1. The van der Waals surface area contributed by atoms with Crippen molar-refractivity contribution in [3.63, 3.8) is 0 Å². The maximum atomic E-state index is 12.6. The van der Waals surface area contributed by atoms with Crippen LogP contribution >= 0.6 is 0 Å². The molecule has 0 saturated carbocycles. The van der Waals surface area contributed by atoms with E-state index in [1.54, 1.807) is 37.7 Å². The van der Waals surface area contributed by atoms with Gasteiger partial charge in [-0.15, -0.1) is 0 Å². The van der Waals surface area contributed by atoms with Crippen LogP contribution < -0.4 is 14.8 Å². The summed E-state index contributed by atoms with van der Waals surface area (Å²) in [4.78, 5) is 16.6. The van der Waals surface area contributed by atoms with Crippen LogP contribution in [0, 0.1) is 0 Å². The van der Waals surface area contributed by atoms with Crippen molar-refractivity contribution in [3.8, 4) is 11.5 Å². The molecule has 0 radical (unpaired) electrons. The third-order valence-electron chi connectivity index (χ3n) is 4.44. The van der Waals surface area contributed by atoms with Gasteiger partial charge in [0.25, 0.3) is 5.91 Å². The smallest absolute Gasteiger partial charge is 0.251 e. The molecule has 2 aromatic carbocycles. The van der Waals surface area contributed by atoms with E-state index < -0.39 is 0 Å². The van der Waals surface area contributed by atoms with E-state index in [4.69, 9.17) is 14.2 Å². The van der Waals surface area contributed by atoms with Crippen LogP contribution in [0.15, 0.2) is 67.0 Å². The van der Waals surface area contributed by atoms with Gasteiger partial charge in [0.15, 0.2) is 11.5 Å². The Balaban J connectivity index is 1.63. The van der Waals surface area contributed by atoms with Crippen LogP contribution in [-0.2, 0) is 24.5 Å². The second-order valence-corrected chi connectivity index (χ2v) is 6.67. The lowest BCUT2D eigenvalue weighted by Gasteiger charge is -2.14. The summed E-state index contributed by atoms with van der Waals surface area (Å²) in [6, 6.07) is 16.9. The van der Waals surface area contributed by atoms with E-state index in [-0.39, 0.29) is 5.91 Å². The van der Waals surface area contributed by atoms with Crippen molar-refractivity contribution < 1.29 is 19.0 Å². The highest BCUT2D eigenvalue weighted by molar-refractivity contribution is 5.94. The molecule has 1 aromatic heterocycles. The molecule has 6 heteroatoms. The average molecular weight is 406 g/mol. The summed E-state index contributed by atoms with van der Waals surface area (Å²) in [5, 5.41) is 2.94. The molecule has 1 N–H and O–H groups in total. The van der Waals surface area contributed by atoms with Crippen molar-refractivity contribution >= 4 is 5.91 Å². The topological polar surface area (TPSA) is 69.7 Å². The first-order valence-corrected chi connectivity index (χ1v) is 9.83. The molecule has 0 spiro atoms. The molecule has 0 aliphatic rings. The third kappa shape index (κ3) is 6.06. The Labute approximate surface area is 176 Å². The van der Waals surface area contributed by atoms with Gasteiger partial charge in [0, 0.05) is 31.6 Å². The lowest BCUT2D eigenvalue weighted by molar-refractivity contribution is 0.0950. The molecule has 0 aliphatic carbocycles. The molecule has 0 aliphatic heterocycles. The van der Waals surface area contributed by atoms with Gasteiger partial charge in [-0.3, -0.25) is 9.78 Å². The summed E-state index contributed by atoms with van der Waals surface area (Å²) in [6.07, 6.45) is 3.45. The number of carbonyl (C=O) groups is 1. The van der Waals surface area contributed by atoms with Crippen molar-refractivity contribution in [1.82, 2.24) is 10.3 Å². The fraction of sp³-hybridized carbons (Fsp3) is 0.250. The van der Waals surface area contributed by atoms with E-state index in [1.165, 1.54) is 0 Å². The number of ether oxygens (including phenoxy) is 3. The van der Waals surface area contributed by atoms with Gasteiger partial charge in [-0.1, -0.05) is 24.3 Å². The number of methoxy groups -OCH3 is 1. The molecule has 1 amide bonds. The minimum atomic E-state index is -0.169. The second kappa shape index (κ2) is 11.0. The summed E-state index contributed by atoms with van der Waals surface area (Å²) in [6.45, 7) is 3.78. The maximum absolute atomic E-state index is 12.6. The van der Waals surface area contributed by atoms with Crippen molar-refractivity contribution in [2.75, 3.05) is 13.7 Å². The lowest BCUT2D eigenvalue weighted by Crippen LogP contribution is -2.22. The maximum Gasteiger partial charge on any atom is 0.251 e. The van der Waals surface area contributed by atoms with Gasteiger partial charge in [-0.25, -0.2) is 0 Å². The first kappa shape index (κ1) is 21.3. The minimum absolute atomic E-state index is 0.169. The van der Waals surface area contributed by atoms with Gasteiger partial charge < -0.3 is 19.5 Å². The van der Waals surface area contributed by atoms with E-state index in [0.29, 0.717) is 43.4 Å². The third-order valence-corrected chi connectivity index (χ3v) is 4.44. The zero-order valence-electron chi connectivity index (χ0n) is 17.3. The van der Waals surface area contributed by atoms with Crippen LogP contribution in [0.5, 0.6) is 11.5 Å². The zero-order valence-corrected chi connectivity index (χ0v) is 17.3. The van der Waals surface area contributed by atoms with E-state index in [1.807, 2.05) is 43.3 Å². The van der Waals surface area contributed by atoms with Gasteiger partial charge in [0.2, 0.25) is 0 Å². The Hall–Kier alpha value is -3.38. The number of hydrogen-bond acceptors (Lipinski definition) is 5. The number of aromatic nitrogens is 1. The van der Waals surface area contributed by atoms with Gasteiger partial charge in [-0.05, 0) is 53.9 Å².